The molecule has 0 aliphatic carbocycles. The fourth-order valence-electron chi connectivity index (χ4n) is 2.85. The number of rotatable bonds is 6. The zero-order valence-corrected chi connectivity index (χ0v) is 17.3. The van der Waals surface area contributed by atoms with E-state index in [1.54, 1.807) is 24.3 Å². The van der Waals surface area contributed by atoms with E-state index < -0.39 is 6.10 Å². The molecule has 3 rings (SSSR count). The van der Waals surface area contributed by atoms with Gasteiger partial charge >= 0.3 is 0 Å². The molecular weight excluding hydrogens is 441 g/mol. The van der Waals surface area contributed by atoms with Gasteiger partial charge in [-0.15, -0.1) is 12.4 Å². The van der Waals surface area contributed by atoms with E-state index in [2.05, 4.69) is 33.0 Å². The van der Waals surface area contributed by atoms with E-state index >= 15 is 0 Å². The number of hydrogen-bond donors (Lipinski definition) is 1. The number of halogens is 3. The van der Waals surface area contributed by atoms with Crippen molar-refractivity contribution in [2.75, 3.05) is 32.8 Å². The number of aliphatic hydroxyl groups excluding tert-OH is 1. The minimum Gasteiger partial charge on any atom is -0.491 e. The van der Waals surface area contributed by atoms with E-state index in [4.69, 9.17) is 21.1 Å². The van der Waals surface area contributed by atoms with Crippen molar-refractivity contribution in [2.45, 2.75) is 12.2 Å². The van der Waals surface area contributed by atoms with Crippen LogP contribution in [0.1, 0.15) is 11.7 Å². The third kappa shape index (κ3) is 6.41. The molecule has 0 amide bonds. The smallest absolute Gasteiger partial charge is 0.119 e. The first-order chi connectivity index (χ1) is 12.1. The van der Waals surface area contributed by atoms with Crippen LogP contribution in [0.5, 0.6) is 5.75 Å². The summed E-state index contributed by atoms with van der Waals surface area (Å²) in [5, 5.41) is 10.9. The van der Waals surface area contributed by atoms with Gasteiger partial charge in [0.25, 0.3) is 0 Å². The third-order valence-electron chi connectivity index (χ3n) is 4.10. The van der Waals surface area contributed by atoms with Crippen LogP contribution < -0.4 is 4.74 Å². The predicted octanol–water partition coefficient (Wildman–Crippen LogP) is 4.34. The van der Waals surface area contributed by atoms with Crippen LogP contribution in [0.2, 0.25) is 5.02 Å². The van der Waals surface area contributed by atoms with Gasteiger partial charge in [-0.3, -0.25) is 4.90 Å². The van der Waals surface area contributed by atoms with Crippen LogP contribution in [0.4, 0.5) is 0 Å². The average molecular weight is 463 g/mol. The molecule has 2 aromatic rings. The number of nitrogens with zero attached hydrogens (tertiary/aromatic N) is 1. The Hall–Kier alpha value is -0.820. The van der Waals surface area contributed by atoms with Gasteiger partial charge in [0.15, 0.2) is 0 Å². The van der Waals surface area contributed by atoms with E-state index in [0.29, 0.717) is 23.9 Å². The van der Waals surface area contributed by atoms with Crippen LogP contribution in [-0.2, 0) is 4.74 Å². The molecule has 7 heteroatoms. The van der Waals surface area contributed by atoms with Crippen LogP contribution in [0.25, 0.3) is 0 Å². The van der Waals surface area contributed by atoms with Gasteiger partial charge in [0.05, 0.1) is 12.7 Å². The minimum atomic E-state index is -0.558. The molecule has 4 nitrogen and oxygen atoms in total. The maximum Gasteiger partial charge on any atom is 0.119 e. The van der Waals surface area contributed by atoms with E-state index in [1.807, 2.05) is 12.1 Å². The zero-order valence-electron chi connectivity index (χ0n) is 14.2. The van der Waals surface area contributed by atoms with E-state index in [0.717, 1.165) is 23.1 Å². The zero-order chi connectivity index (χ0) is 17.6. The Morgan fingerprint density at radius 1 is 1.27 bits per heavy atom. The highest BCUT2D eigenvalue weighted by Crippen LogP contribution is 2.25. The fourth-order valence-corrected chi connectivity index (χ4v) is 3.39. The Bertz CT molecular complexity index is 687. The van der Waals surface area contributed by atoms with Gasteiger partial charge in [-0.05, 0) is 42.0 Å². The molecule has 0 radical (unpaired) electrons. The highest BCUT2D eigenvalue weighted by Gasteiger charge is 2.23. The average Bonchev–Trinajstić information content (AvgIpc) is 2.61. The summed E-state index contributed by atoms with van der Waals surface area (Å²) in [4.78, 5) is 2.21. The van der Waals surface area contributed by atoms with Crippen molar-refractivity contribution in [3.63, 3.8) is 0 Å². The Balaban J connectivity index is 0.00000243. The van der Waals surface area contributed by atoms with Crippen molar-refractivity contribution in [3.05, 3.63) is 63.6 Å². The number of benzene rings is 2. The summed E-state index contributed by atoms with van der Waals surface area (Å²) in [6.07, 6.45) is -0.535. The SMILES string of the molecule is Cl.OC(COc1ccc(Cl)cc1)CN1CCOC(c2cccc(Br)c2)C1. The molecule has 2 unspecified atom stereocenters. The normalized spacial score (nSPS) is 18.8. The van der Waals surface area contributed by atoms with Crippen molar-refractivity contribution < 1.29 is 14.6 Å². The Labute approximate surface area is 173 Å². The molecule has 0 bridgehead atoms. The molecule has 142 valence electrons. The summed E-state index contributed by atoms with van der Waals surface area (Å²) in [6, 6.07) is 15.3. The van der Waals surface area contributed by atoms with Crippen molar-refractivity contribution >= 4 is 39.9 Å². The topological polar surface area (TPSA) is 41.9 Å². The Morgan fingerprint density at radius 3 is 2.77 bits per heavy atom. The molecular formula is C19H22BrCl2NO3. The summed E-state index contributed by atoms with van der Waals surface area (Å²) in [5.74, 6) is 0.706. The first-order valence-electron chi connectivity index (χ1n) is 8.26. The van der Waals surface area contributed by atoms with Crippen LogP contribution in [0.15, 0.2) is 53.0 Å². The van der Waals surface area contributed by atoms with Gasteiger partial charge in [0, 0.05) is 29.1 Å². The van der Waals surface area contributed by atoms with Gasteiger partial charge in [-0.1, -0.05) is 39.7 Å². The second-order valence-electron chi connectivity index (χ2n) is 6.09. The maximum absolute atomic E-state index is 10.3. The molecule has 1 heterocycles. The minimum absolute atomic E-state index is 0. The van der Waals surface area contributed by atoms with E-state index in [-0.39, 0.29) is 25.1 Å². The molecule has 1 N–H and O–H groups in total. The standard InChI is InChI=1S/C19H21BrClNO3.ClH/c20-15-3-1-2-14(10-15)19-12-22(8-9-24-19)11-17(23)13-25-18-6-4-16(21)5-7-18;/h1-7,10,17,19,23H,8-9,11-13H2;1H. The van der Waals surface area contributed by atoms with Crippen molar-refractivity contribution in [2.24, 2.45) is 0 Å². The summed E-state index contributed by atoms with van der Waals surface area (Å²) < 4.78 is 12.5. The molecule has 0 spiro atoms. The Morgan fingerprint density at radius 2 is 2.04 bits per heavy atom. The van der Waals surface area contributed by atoms with Gasteiger partial charge < -0.3 is 14.6 Å². The Kier molecular flexibility index (Phi) is 8.67. The van der Waals surface area contributed by atoms with E-state index in [9.17, 15) is 5.11 Å². The third-order valence-corrected chi connectivity index (χ3v) is 4.84. The van der Waals surface area contributed by atoms with Crippen molar-refractivity contribution in [3.8, 4) is 5.75 Å². The second-order valence-corrected chi connectivity index (χ2v) is 7.44. The summed E-state index contributed by atoms with van der Waals surface area (Å²) in [7, 11) is 0. The van der Waals surface area contributed by atoms with Crippen LogP contribution in [-0.4, -0.2) is 49.0 Å². The molecule has 2 aromatic carbocycles. The van der Waals surface area contributed by atoms with E-state index in [1.165, 1.54) is 0 Å². The quantitative estimate of drug-likeness (QED) is 0.693. The number of ether oxygens (including phenoxy) is 2. The van der Waals surface area contributed by atoms with Gasteiger partial charge in [0.1, 0.15) is 18.5 Å². The molecule has 1 saturated heterocycles. The molecule has 26 heavy (non-hydrogen) atoms. The first kappa shape index (κ1) is 21.5. The second kappa shape index (κ2) is 10.5. The summed E-state index contributed by atoms with van der Waals surface area (Å²) >= 11 is 9.35. The number of β-amino-alcohol motifs (C(OH)–C–C–N with tert-alkyl or cyclic N) is 1. The number of morpholine rings is 1. The maximum atomic E-state index is 10.3. The lowest BCUT2D eigenvalue weighted by Gasteiger charge is -2.34. The highest BCUT2D eigenvalue weighted by atomic mass is 79.9. The predicted molar refractivity (Wildman–Crippen MR) is 109 cm³/mol. The molecule has 0 saturated carbocycles. The number of aliphatic hydroxyl groups is 1. The molecule has 1 aliphatic rings. The monoisotopic (exact) mass is 461 g/mol. The largest absolute Gasteiger partial charge is 0.491 e. The molecule has 0 aromatic heterocycles. The molecule has 2 atom stereocenters. The lowest BCUT2D eigenvalue weighted by molar-refractivity contribution is -0.0459. The van der Waals surface area contributed by atoms with Crippen molar-refractivity contribution in [1.29, 1.82) is 0 Å². The van der Waals surface area contributed by atoms with Gasteiger partial charge in [-0.25, -0.2) is 0 Å². The fraction of sp³-hybridized carbons (Fsp3) is 0.368. The molecule has 1 aliphatic heterocycles. The van der Waals surface area contributed by atoms with Gasteiger partial charge in [0.2, 0.25) is 0 Å². The first-order valence-corrected chi connectivity index (χ1v) is 9.43. The summed E-state index contributed by atoms with van der Waals surface area (Å²) in [6.45, 7) is 3.03. The highest BCUT2D eigenvalue weighted by molar-refractivity contribution is 9.10. The van der Waals surface area contributed by atoms with Crippen LogP contribution >= 0.6 is 39.9 Å². The number of hydrogen-bond acceptors (Lipinski definition) is 4. The van der Waals surface area contributed by atoms with Gasteiger partial charge in [-0.2, -0.15) is 0 Å². The van der Waals surface area contributed by atoms with Crippen LogP contribution in [0.3, 0.4) is 0 Å². The van der Waals surface area contributed by atoms with Crippen LogP contribution in [0, 0.1) is 0 Å². The lowest BCUT2D eigenvalue weighted by atomic mass is 10.1. The lowest BCUT2D eigenvalue weighted by Crippen LogP contribution is -2.43. The van der Waals surface area contributed by atoms with Crippen molar-refractivity contribution in [1.82, 2.24) is 4.90 Å². The summed E-state index contributed by atoms with van der Waals surface area (Å²) in [5.41, 5.74) is 1.14. The molecule has 1 fully saturated rings.